The zero-order valence-corrected chi connectivity index (χ0v) is 30.6. The number of nitrogens with one attached hydrogen (secondary N) is 1. The zero-order valence-electron chi connectivity index (χ0n) is 29.9. The highest BCUT2D eigenvalue weighted by molar-refractivity contribution is 6.30. The normalized spacial score (nSPS) is 16.1. The van der Waals surface area contributed by atoms with Crippen molar-refractivity contribution in [3.05, 3.63) is 107 Å². The number of likely N-dealkylation sites (tertiary alicyclic amines) is 1. The second-order valence-electron chi connectivity index (χ2n) is 13.2. The van der Waals surface area contributed by atoms with Crippen molar-refractivity contribution in [2.45, 2.75) is 70.2 Å². The number of carbonyl (C=O) groups is 5. The van der Waals surface area contributed by atoms with Crippen molar-refractivity contribution in [3.8, 4) is 0 Å². The van der Waals surface area contributed by atoms with Gasteiger partial charge in [-0.3, -0.25) is 9.59 Å². The van der Waals surface area contributed by atoms with Gasteiger partial charge in [0.2, 0.25) is 11.6 Å². The molecule has 1 heterocycles. The number of nitrogens with zero attached hydrogens (tertiary/aromatic N) is 2. The van der Waals surface area contributed by atoms with Crippen LogP contribution in [0.25, 0.3) is 0 Å². The molecule has 52 heavy (non-hydrogen) atoms. The summed E-state index contributed by atoms with van der Waals surface area (Å²) in [5, 5.41) is 43.7. The van der Waals surface area contributed by atoms with Crippen LogP contribution in [0.15, 0.2) is 84.9 Å². The first-order chi connectivity index (χ1) is 24.6. The summed E-state index contributed by atoms with van der Waals surface area (Å²) in [4.78, 5) is 65.2. The molecule has 0 radical (unpaired) electrons. The fraction of sp³-hybridized carbons (Fsp3) is 0.410. The first-order valence-corrected chi connectivity index (χ1v) is 17.6. The van der Waals surface area contributed by atoms with E-state index >= 15 is 0 Å². The Morgan fingerprint density at radius 3 is 1.69 bits per heavy atom. The molecule has 1 aliphatic rings. The average molecular weight is 738 g/mol. The summed E-state index contributed by atoms with van der Waals surface area (Å²) in [5.74, 6) is -7.36. The molecule has 13 heteroatoms. The summed E-state index contributed by atoms with van der Waals surface area (Å²) < 4.78 is 0. The minimum atomic E-state index is -3.95. The zero-order chi connectivity index (χ0) is 38.6. The van der Waals surface area contributed by atoms with Gasteiger partial charge in [-0.15, -0.1) is 0 Å². The molecule has 0 aliphatic carbocycles. The molecular weight excluding hydrogens is 690 g/mol. The van der Waals surface area contributed by atoms with Gasteiger partial charge in [0, 0.05) is 47.9 Å². The predicted octanol–water partition coefficient (Wildman–Crippen LogP) is 4.81. The van der Waals surface area contributed by atoms with Crippen molar-refractivity contribution in [1.29, 1.82) is 0 Å². The quantitative estimate of drug-likeness (QED) is 0.114. The monoisotopic (exact) mass is 737 g/mol. The van der Waals surface area contributed by atoms with Gasteiger partial charge in [0.15, 0.2) is 0 Å². The van der Waals surface area contributed by atoms with Crippen LogP contribution < -0.4 is 5.32 Å². The smallest absolute Gasteiger partial charge is 0.348 e. The third-order valence-corrected chi connectivity index (χ3v) is 9.36. The molecule has 1 fully saturated rings. The van der Waals surface area contributed by atoms with E-state index in [0.29, 0.717) is 12.0 Å². The van der Waals surface area contributed by atoms with E-state index in [1.54, 1.807) is 0 Å². The van der Waals surface area contributed by atoms with E-state index in [9.17, 15) is 44.4 Å². The van der Waals surface area contributed by atoms with Crippen molar-refractivity contribution >= 4 is 41.1 Å². The Morgan fingerprint density at radius 2 is 1.29 bits per heavy atom. The van der Waals surface area contributed by atoms with Crippen LogP contribution in [0.4, 0.5) is 4.79 Å². The van der Waals surface area contributed by atoms with Gasteiger partial charge in [0.25, 0.3) is 11.2 Å². The van der Waals surface area contributed by atoms with Gasteiger partial charge in [0.05, 0.1) is 0 Å². The highest BCUT2D eigenvalue weighted by Gasteiger charge is 2.69. The van der Waals surface area contributed by atoms with Crippen LogP contribution in [0.5, 0.6) is 0 Å². The molecule has 3 aromatic carbocycles. The van der Waals surface area contributed by atoms with Crippen molar-refractivity contribution in [1.82, 2.24) is 15.1 Å². The molecule has 2 amide bonds. The number of hydrogen-bond donors (Lipinski definition) is 5. The fourth-order valence-corrected chi connectivity index (χ4v) is 6.39. The summed E-state index contributed by atoms with van der Waals surface area (Å²) in [7, 11) is 0. The van der Waals surface area contributed by atoms with E-state index in [4.69, 9.17) is 11.6 Å². The number of carboxylic acid groups (broad SMARTS) is 2. The topological polar surface area (TPSA) is 185 Å². The second-order valence-corrected chi connectivity index (χ2v) is 13.7. The van der Waals surface area contributed by atoms with Crippen LogP contribution in [0, 0.1) is 5.92 Å². The number of benzene rings is 3. The van der Waals surface area contributed by atoms with Gasteiger partial charge in [-0.05, 0) is 70.2 Å². The molecule has 0 saturated carbocycles. The summed E-state index contributed by atoms with van der Waals surface area (Å²) in [5.41, 5.74) is -7.39. The van der Waals surface area contributed by atoms with Crippen LogP contribution in [-0.4, -0.2) is 109 Å². The third kappa shape index (κ3) is 10.0. The van der Waals surface area contributed by atoms with E-state index in [-0.39, 0.29) is 12.1 Å². The van der Waals surface area contributed by atoms with Crippen molar-refractivity contribution in [3.63, 3.8) is 0 Å². The number of rotatable bonds is 14. The summed E-state index contributed by atoms with van der Waals surface area (Å²) >= 11 is 6.12. The lowest BCUT2D eigenvalue weighted by molar-refractivity contribution is -0.187. The Balaban J connectivity index is 0.000000280. The van der Waals surface area contributed by atoms with E-state index in [0.717, 1.165) is 74.7 Å². The minimum Gasteiger partial charge on any atom is -0.479 e. The van der Waals surface area contributed by atoms with Gasteiger partial charge in [-0.25, -0.2) is 14.4 Å². The highest BCUT2D eigenvalue weighted by Crippen LogP contribution is 2.32. The number of amides is 2. The Morgan fingerprint density at radius 1 is 0.808 bits per heavy atom. The Bertz CT molecular complexity index is 1610. The molecule has 0 spiro atoms. The molecule has 3 atom stereocenters. The number of hydrogen-bond acceptors (Lipinski definition) is 8. The number of halogens is 1. The molecule has 4 rings (SSSR count). The number of urea groups is 1. The van der Waals surface area contributed by atoms with Gasteiger partial charge < -0.3 is 35.5 Å². The van der Waals surface area contributed by atoms with Crippen LogP contribution in [0.1, 0.15) is 66.8 Å². The minimum absolute atomic E-state index is 0.0834. The Kier molecular flexibility index (Phi) is 15.1. The molecule has 12 nitrogen and oxygen atoms in total. The summed E-state index contributed by atoms with van der Waals surface area (Å²) in [6.45, 7) is 12.4. The first kappa shape index (κ1) is 41.8. The lowest BCUT2D eigenvalue weighted by atomic mass is 9.73. The van der Waals surface area contributed by atoms with Crippen LogP contribution >= 0.6 is 11.6 Å². The lowest BCUT2D eigenvalue weighted by Gasteiger charge is -2.37. The van der Waals surface area contributed by atoms with Crippen molar-refractivity contribution < 1.29 is 44.4 Å². The number of Topliss-reactive ketones (excluding diaryl/α,β-unsaturated/α-hetero) is 2. The molecule has 0 aromatic heterocycles. The highest BCUT2D eigenvalue weighted by atomic mass is 35.5. The average Bonchev–Trinajstić information content (AvgIpc) is 3.13. The standard InChI is InChI=1S/C21H34ClN3O.C18H14O8/c1-5-24(17(4)13-19-7-6-8-20(22)14-19)15-18-9-11-25(12-10-18)21(26)23-16(2)3;19-13(11-7-3-1-4-8-11)17(25,15(21)22)18(26,16(23)24)14(20)12-9-5-2-6-10-12/h6-8,14,16-18H,5,9-13,15H2,1-4H3,(H,23,26);1-10,25-26H,(H,21,22)(H,23,24). The van der Waals surface area contributed by atoms with Gasteiger partial charge >= 0.3 is 18.0 Å². The van der Waals surface area contributed by atoms with E-state index in [1.807, 2.05) is 30.9 Å². The number of piperidine rings is 1. The maximum atomic E-state index is 12.6. The maximum absolute atomic E-state index is 12.6. The Labute approximate surface area is 309 Å². The van der Waals surface area contributed by atoms with E-state index in [1.165, 1.54) is 42.0 Å². The molecule has 1 aliphatic heterocycles. The molecule has 0 bridgehead atoms. The lowest BCUT2D eigenvalue weighted by Crippen LogP contribution is -2.71. The van der Waals surface area contributed by atoms with Crippen molar-refractivity contribution in [2.24, 2.45) is 5.92 Å². The van der Waals surface area contributed by atoms with E-state index < -0.39 is 45.8 Å². The SMILES string of the molecule is CCN(CC1CCN(C(=O)NC(C)C)CC1)C(C)Cc1cccc(Cl)c1.O=C(O)C(O)(C(=O)c1ccccc1)C(O)(C(=O)O)C(=O)c1ccccc1. The molecule has 280 valence electrons. The summed E-state index contributed by atoms with van der Waals surface area (Å²) in [6.07, 6.45) is 3.20. The number of aliphatic hydroxyl groups is 2. The Hall–Kier alpha value is -4.62. The van der Waals surface area contributed by atoms with Gasteiger partial charge in [-0.2, -0.15) is 0 Å². The summed E-state index contributed by atoms with van der Waals surface area (Å²) in [6, 6.07) is 21.8. The molecule has 5 N–H and O–H groups in total. The van der Waals surface area contributed by atoms with E-state index in [2.05, 4.69) is 36.2 Å². The first-order valence-electron chi connectivity index (χ1n) is 17.2. The van der Waals surface area contributed by atoms with Crippen LogP contribution in [-0.2, 0) is 16.0 Å². The number of likely N-dealkylation sites (N-methyl/N-ethyl adjacent to an activating group) is 1. The van der Waals surface area contributed by atoms with Crippen molar-refractivity contribution in [2.75, 3.05) is 26.2 Å². The van der Waals surface area contributed by atoms with Gasteiger partial charge in [-0.1, -0.05) is 91.3 Å². The van der Waals surface area contributed by atoms with Gasteiger partial charge in [0.1, 0.15) is 0 Å². The molecule has 3 unspecified atom stereocenters. The number of ketones is 2. The van der Waals surface area contributed by atoms with Crippen LogP contribution in [0.2, 0.25) is 5.02 Å². The third-order valence-electron chi connectivity index (χ3n) is 9.13. The predicted molar refractivity (Wildman–Crippen MR) is 197 cm³/mol. The maximum Gasteiger partial charge on any atom is 0.348 e. The second kappa shape index (κ2) is 18.7. The molecular formula is C39H48ClN3O9. The molecule has 1 saturated heterocycles. The number of carboxylic acids is 2. The molecule has 3 aromatic rings. The van der Waals surface area contributed by atoms with Crippen LogP contribution in [0.3, 0.4) is 0 Å². The fourth-order valence-electron chi connectivity index (χ4n) is 6.17. The number of aliphatic carboxylic acids is 2. The number of carbonyl (C=O) groups excluding carboxylic acids is 3. The largest absolute Gasteiger partial charge is 0.479 e.